The van der Waals surface area contributed by atoms with E-state index in [0.29, 0.717) is 6.54 Å². The van der Waals surface area contributed by atoms with Crippen molar-refractivity contribution in [2.75, 3.05) is 0 Å². The average Bonchev–Trinajstić information content (AvgIpc) is 2.66. The summed E-state index contributed by atoms with van der Waals surface area (Å²) in [6, 6.07) is 7.74. The summed E-state index contributed by atoms with van der Waals surface area (Å²) in [5.74, 6) is -0.0276. The van der Waals surface area contributed by atoms with Crippen LogP contribution >= 0.6 is 11.3 Å². The molecule has 0 saturated carbocycles. The largest absolute Gasteiger partial charge is 0.346 e. The topological polar surface area (TPSA) is 42.0 Å². The molecule has 18 heavy (non-hydrogen) atoms. The Morgan fingerprint density at radius 3 is 2.72 bits per heavy atom. The molecule has 3 nitrogen and oxygen atoms in total. The van der Waals surface area contributed by atoms with E-state index in [1.807, 2.05) is 45.0 Å². The van der Waals surface area contributed by atoms with Crippen LogP contribution in [-0.4, -0.2) is 10.9 Å². The fraction of sp³-hybridized carbons (Fsp3) is 0.286. The van der Waals surface area contributed by atoms with Crippen molar-refractivity contribution < 1.29 is 4.79 Å². The van der Waals surface area contributed by atoms with Gasteiger partial charge < -0.3 is 5.32 Å². The van der Waals surface area contributed by atoms with Gasteiger partial charge in [0.25, 0.3) is 5.91 Å². The van der Waals surface area contributed by atoms with Gasteiger partial charge in [0.2, 0.25) is 0 Å². The fourth-order valence-corrected chi connectivity index (χ4v) is 2.74. The van der Waals surface area contributed by atoms with Crippen molar-refractivity contribution >= 4 is 17.2 Å². The second kappa shape index (κ2) is 5.31. The van der Waals surface area contributed by atoms with Gasteiger partial charge in [0, 0.05) is 15.4 Å². The van der Waals surface area contributed by atoms with Crippen molar-refractivity contribution in [2.24, 2.45) is 0 Å². The van der Waals surface area contributed by atoms with E-state index >= 15 is 0 Å². The van der Waals surface area contributed by atoms with Crippen LogP contribution in [0.25, 0.3) is 0 Å². The molecule has 94 valence electrons. The summed E-state index contributed by atoms with van der Waals surface area (Å²) in [6.45, 7) is 6.39. The highest BCUT2D eigenvalue weighted by atomic mass is 32.1. The Morgan fingerprint density at radius 2 is 2.11 bits per heavy atom. The third-order valence-corrected chi connectivity index (χ3v) is 3.63. The van der Waals surface area contributed by atoms with Gasteiger partial charge >= 0.3 is 0 Å². The third kappa shape index (κ3) is 2.96. The highest BCUT2D eigenvalue weighted by molar-refractivity contribution is 7.12. The number of aryl methyl sites for hydroxylation is 3. The highest BCUT2D eigenvalue weighted by Gasteiger charge is 2.11. The monoisotopic (exact) mass is 260 g/mol. The molecule has 2 aromatic heterocycles. The summed E-state index contributed by atoms with van der Waals surface area (Å²) < 4.78 is 0. The second-order valence-electron chi connectivity index (χ2n) is 4.28. The molecular formula is C14H16N2OS. The molecule has 2 heterocycles. The Labute approximate surface area is 111 Å². The normalized spacial score (nSPS) is 10.4. The smallest absolute Gasteiger partial charge is 0.252 e. The molecule has 0 saturated heterocycles. The Kier molecular flexibility index (Phi) is 3.77. The molecule has 0 spiro atoms. The predicted octanol–water partition coefficient (Wildman–Crippen LogP) is 3.00. The van der Waals surface area contributed by atoms with Gasteiger partial charge in [-0.15, -0.1) is 11.3 Å². The Balaban J connectivity index is 2.03. The van der Waals surface area contributed by atoms with E-state index in [2.05, 4.69) is 10.3 Å². The number of amides is 1. The summed E-state index contributed by atoms with van der Waals surface area (Å²) in [5, 5.41) is 2.90. The van der Waals surface area contributed by atoms with Crippen LogP contribution in [-0.2, 0) is 6.54 Å². The predicted molar refractivity (Wildman–Crippen MR) is 73.9 cm³/mol. The molecule has 0 fully saturated rings. The SMILES string of the molecule is Cc1cccc(CNC(=O)c2cc(C)sc2C)n1. The van der Waals surface area contributed by atoms with Crippen LogP contribution in [0.5, 0.6) is 0 Å². The zero-order chi connectivity index (χ0) is 13.1. The fourth-order valence-electron chi connectivity index (χ4n) is 1.82. The first-order valence-electron chi connectivity index (χ1n) is 5.84. The number of thiophene rings is 1. The quantitative estimate of drug-likeness (QED) is 0.921. The van der Waals surface area contributed by atoms with Gasteiger partial charge in [0.05, 0.1) is 17.8 Å². The summed E-state index contributed by atoms with van der Waals surface area (Å²) in [5.41, 5.74) is 2.61. The minimum absolute atomic E-state index is 0.0276. The van der Waals surface area contributed by atoms with Gasteiger partial charge in [-0.2, -0.15) is 0 Å². The van der Waals surface area contributed by atoms with Crippen LogP contribution < -0.4 is 5.32 Å². The molecular weight excluding hydrogens is 244 g/mol. The lowest BCUT2D eigenvalue weighted by Crippen LogP contribution is -2.23. The lowest BCUT2D eigenvalue weighted by Gasteiger charge is -2.05. The van der Waals surface area contributed by atoms with Gasteiger partial charge in [0.15, 0.2) is 0 Å². The highest BCUT2D eigenvalue weighted by Crippen LogP contribution is 2.20. The van der Waals surface area contributed by atoms with Crippen molar-refractivity contribution in [3.8, 4) is 0 Å². The number of nitrogens with one attached hydrogen (secondary N) is 1. The van der Waals surface area contributed by atoms with Gasteiger partial charge in [-0.05, 0) is 39.0 Å². The lowest BCUT2D eigenvalue weighted by molar-refractivity contribution is 0.0950. The molecule has 0 bridgehead atoms. The van der Waals surface area contributed by atoms with Crippen molar-refractivity contribution in [1.29, 1.82) is 0 Å². The van der Waals surface area contributed by atoms with E-state index in [1.54, 1.807) is 11.3 Å². The zero-order valence-electron chi connectivity index (χ0n) is 10.8. The Bertz CT molecular complexity index is 575. The Hall–Kier alpha value is -1.68. The van der Waals surface area contributed by atoms with Crippen LogP contribution in [0.4, 0.5) is 0 Å². The van der Waals surface area contributed by atoms with E-state index in [1.165, 1.54) is 0 Å². The minimum Gasteiger partial charge on any atom is -0.346 e. The lowest BCUT2D eigenvalue weighted by atomic mass is 10.2. The summed E-state index contributed by atoms with van der Waals surface area (Å²) >= 11 is 1.65. The summed E-state index contributed by atoms with van der Waals surface area (Å²) in [4.78, 5) is 18.6. The van der Waals surface area contributed by atoms with E-state index in [4.69, 9.17) is 0 Å². The molecule has 2 aromatic rings. The maximum Gasteiger partial charge on any atom is 0.252 e. The van der Waals surface area contributed by atoms with Crippen molar-refractivity contribution in [3.05, 3.63) is 51.0 Å². The molecule has 4 heteroatoms. The van der Waals surface area contributed by atoms with Crippen molar-refractivity contribution in [1.82, 2.24) is 10.3 Å². The van der Waals surface area contributed by atoms with Crippen LogP contribution in [0.2, 0.25) is 0 Å². The zero-order valence-corrected chi connectivity index (χ0v) is 11.6. The van der Waals surface area contributed by atoms with E-state index in [-0.39, 0.29) is 5.91 Å². The van der Waals surface area contributed by atoms with Crippen LogP contribution in [0.3, 0.4) is 0 Å². The van der Waals surface area contributed by atoms with E-state index < -0.39 is 0 Å². The number of rotatable bonds is 3. The molecule has 0 radical (unpaired) electrons. The van der Waals surface area contributed by atoms with Gasteiger partial charge in [-0.25, -0.2) is 0 Å². The van der Waals surface area contributed by atoms with Gasteiger partial charge in [-0.3, -0.25) is 9.78 Å². The summed E-state index contributed by atoms with van der Waals surface area (Å²) in [7, 11) is 0. The molecule has 0 aliphatic rings. The number of hydrogen-bond donors (Lipinski definition) is 1. The number of aromatic nitrogens is 1. The molecule has 1 N–H and O–H groups in total. The first-order valence-corrected chi connectivity index (χ1v) is 6.65. The maximum atomic E-state index is 12.0. The summed E-state index contributed by atoms with van der Waals surface area (Å²) in [6.07, 6.45) is 0. The van der Waals surface area contributed by atoms with E-state index in [0.717, 1.165) is 26.7 Å². The first-order chi connectivity index (χ1) is 8.56. The molecule has 0 unspecified atom stereocenters. The average molecular weight is 260 g/mol. The first kappa shape index (κ1) is 12.8. The molecule has 0 aromatic carbocycles. The number of carbonyl (C=O) groups is 1. The number of hydrogen-bond acceptors (Lipinski definition) is 3. The molecule has 2 rings (SSSR count). The van der Waals surface area contributed by atoms with Gasteiger partial charge in [-0.1, -0.05) is 6.07 Å². The van der Waals surface area contributed by atoms with E-state index in [9.17, 15) is 4.79 Å². The Morgan fingerprint density at radius 1 is 1.33 bits per heavy atom. The molecule has 1 amide bonds. The minimum atomic E-state index is -0.0276. The second-order valence-corrected chi connectivity index (χ2v) is 5.74. The number of nitrogens with zero attached hydrogens (tertiary/aromatic N) is 1. The van der Waals surface area contributed by atoms with Crippen LogP contribution in [0.1, 0.15) is 31.5 Å². The van der Waals surface area contributed by atoms with Gasteiger partial charge in [0.1, 0.15) is 0 Å². The number of pyridine rings is 1. The third-order valence-electron chi connectivity index (χ3n) is 2.66. The number of carbonyl (C=O) groups excluding carboxylic acids is 1. The van der Waals surface area contributed by atoms with Crippen molar-refractivity contribution in [3.63, 3.8) is 0 Å². The molecule has 0 aliphatic carbocycles. The van der Waals surface area contributed by atoms with Crippen LogP contribution in [0.15, 0.2) is 24.3 Å². The molecule has 0 aliphatic heterocycles. The molecule has 0 atom stereocenters. The van der Waals surface area contributed by atoms with Crippen LogP contribution in [0, 0.1) is 20.8 Å². The maximum absolute atomic E-state index is 12.0. The van der Waals surface area contributed by atoms with Crippen molar-refractivity contribution in [2.45, 2.75) is 27.3 Å². The standard InChI is InChI=1S/C14H16N2OS/c1-9-5-4-6-12(16-9)8-15-14(17)13-7-10(2)18-11(13)3/h4-7H,8H2,1-3H3,(H,15,17).